The molecule has 2 nitrogen and oxygen atoms in total. The van der Waals surface area contributed by atoms with Crippen molar-refractivity contribution in [3.8, 4) is 0 Å². The maximum atomic E-state index is 5.86. The average molecular weight is 230 g/mol. The lowest BCUT2D eigenvalue weighted by Gasteiger charge is -2.37. The molecule has 0 saturated carbocycles. The van der Waals surface area contributed by atoms with Crippen molar-refractivity contribution in [3.63, 3.8) is 0 Å². The van der Waals surface area contributed by atoms with Crippen molar-refractivity contribution in [2.45, 2.75) is 44.2 Å². The van der Waals surface area contributed by atoms with Crippen molar-refractivity contribution in [3.05, 3.63) is 29.8 Å². The first-order chi connectivity index (χ1) is 8.24. The number of anilines is 1. The molecule has 2 N–H and O–H groups in total. The fourth-order valence-corrected chi connectivity index (χ4v) is 3.82. The predicted molar refractivity (Wildman–Crippen MR) is 71.9 cm³/mol. The van der Waals surface area contributed by atoms with E-state index in [2.05, 4.69) is 30.1 Å². The molecule has 0 spiro atoms. The second-order valence-electron chi connectivity index (χ2n) is 5.75. The molecule has 2 heteroatoms. The number of rotatable bonds is 2. The standard InChI is InChI=1S/C15H22N2/c1-17-14-6-5-12(15(17)8-7-14)9-11-3-2-4-13(16)10-11/h2-4,10,12,14-15H,5-9,16H2,1H3. The maximum Gasteiger partial charge on any atom is 0.0316 e. The second kappa shape index (κ2) is 4.34. The maximum absolute atomic E-state index is 5.86. The third kappa shape index (κ3) is 2.06. The van der Waals surface area contributed by atoms with Gasteiger partial charge in [0.05, 0.1) is 0 Å². The summed E-state index contributed by atoms with van der Waals surface area (Å²) < 4.78 is 0. The average Bonchev–Trinajstić information content (AvgIpc) is 2.55. The fourth-order valence-electron chi connectivity index (χ4n) is 3.82. The van der Waals surface area contributed by atoms with Gasteiger partial charge in [-0.15, -0.1) is 0 Å². The first-order valence-corrected chi connectivity index (χ1v) is 6.80. The van der Waals surface area contributed by atoms with Crippen LogP contribution >= 0.6 is 0 Å². The van der Waals surface area contributed by atoms with Gasteiger partial charge in [0.2, 0.25) is 0 Å². The van der Waals surface area contributed by atoms with E-state index >= 15 is 0 Å². The molecule has 0 aliphatic carbocycles. The SMILES string of the molecule is CN1C2CCC(Cc3cccc(N)c3)C1CC2. The minimum absolute atomic E-state index is 0.815. The van der Waals surface area contributed by atoms with Gasteiger partial charge in [-0.2, -0.15) is 0 Å². The molecule has 2 saturated heterocycles. The van der Waals surface area contributed by atoms with E-state index < -0.39 is 0 Å². The summed E-state index contributed by atoms with van der Waals surface area (Å²) in [6.45, 7) is 0. The Balaban J connectivity index is 1.73. The molecule has 0 amide bonds. The van der Waals surface area contributed by atoms with E-state index in [1.165, 1.54) is 37.7 Å². The molecular formula is C15H22N2. The largest absolute Gasteiger partial charge is 0.399 e. The lowest BCUT2D eigenvalue weighted by atomic mass is 9.85. The molecule has 2 heterocycles. The van der Waals surface area contributed by atoms with Gasteiger partial charge in [0.25, 0.3) is 0 Å². The summed E-state index contributed by atoms with van der Waals surface area (Å²) in [6.07, 6.45) is 6.80. The zero-order valence-corrected chi connectivity index (χ0v) is 10.6. The van der Waals surface area contributed by atoms with Crippen LogP contribution in [0.15, 0.2) is 24.3 Å². The number of nitrogen functional groups attached to an aromatic ring is 1. The van der Waals surface area contributed by atoms with Crippen molar-refractivity contribution >= 4 is 5.69 Å². The number of piperidine rings is 1. The molecule has 2 aliphatic heterocycles. The summed E-state index contributed by atoms with van der Waals surface area (Å²) in [5, 5.41) is 0. The van der Waals surface area contributed by atoms with E-state index in [0.29, 0.717) is 0 Å². The van der Waals surface area contributed by atoms with Gasteiger partial charge in [0.1, 0.15) is 0 Å². The van der Waals surface area contributed by atoms with Gasteiger partial charge in [-0.3, -0.25) is 0 Å². The van der Waals surface area contributed by atoms with Crippen LogP contribution in [0.3, 0.4) is 0 Å². The van der Waals surface area contributed by atoms with E-state index in [-0.39, 0.29) is 0 Å². The summed E-state index contributed by atoms with van der Waals surface area (Å²) in [5.74, 6) is 0.834. The van der Waals surface area contributed by atoms with Crippen LogP contribution in [0.1, 0.15) is 31.2 Å². The minimum Gasteiger partial charge on any atom is -0.399 e. The monoisotopic (exact) mass is 230 g/mol. The third-order valence-corrected chi connectivity index (χ3v) is 4.76. The second-order valence-corrected chi connectivity index (χ2v) is 5.75. The third-order valence-electron chi connectivity index (χ3n) is 4.76. The van der Waals surface area contributed by atoms with Crippen LogP contribution in [0.5, 0.6) is 0 Å². The lowest BCUT2D eigenvalue weighted by Crippen LogP contribution is -2.42. The van der Waals surface area contributed by atoms with Crippen LogP contribution in [0.4, 0.5) is 5.69 Å². The number of benzene rings is 1. The number of hydrogen-bond acceptors (Lipinski definition) is 2. The normalized spacial score (nSPS) is 32.9. The first kappa shape index (κ1) is 11.1. The Morgan fingerprint density at radius 3 is 2.88 bits per heavy atom. The Kier molecular flexibility index (Phi) is 2.83. The first-order valence-electron chi connectivity index (χ1n) is 6.80. The zero-order chi connectivity index (χ0) is 11.8. The molecule has 3 rings (SSSR count). The van der Waals surface area contributed by atoms with E-state index in [9.17, 15) is 0 Å². The molecule has 3 unspecified atom stereocenters. The summed E-state index contributed by atoms with van der Waals surface area (Å²) in [6, 6.07) is 10.1. The topological polar surface area (TPSA) is 29.3 Å². The van der Waals surface area contributed by atoms with E-state index in [1.54, 1.807) is 0 Å². The predicted octanol–water partition coefficient (Wildman–Crippen LogP) is 2.68. The Hall–Kier alpha value is -1.02. The highest BCUT2D eigenvalue weighted by Gasteiger charge is 2.39. The van der Waals surface area contributed by atoms with Gasteiger partial charge >= 0.3 is 0 Å². The number of nitrogens with two attached hydrogens (primary N) is 1. The van der Waals surface area contributed by atoms with Crippen LogP contribution in [-0.4, -0.2) is 24.0 Å². The van der Waals surface area contributed by atoms with Crippen LogP contribution in [0.25, 0.3) is 0 Å². The lowest BCUT2D eigenvalue weighted by molar-refractivity contribution is 0.120. The Labute approximate surface area is 104 Å². The molecule has 1 aromatic rings. The molecule has 0 aromatic heterocycles. The van der Waals surface area contributed by atoms with Gasteiger partial charge in [-0.05, 0) is 62.8 Å². The van der Waals surface area contributed by atoms with Crippen LogP contribution < -0.4 is 5.73 Å². The van der Waals surface area contributed by atoms with Crippen molar-refractivity contribution < 1.29 is 0 Å². The molecule has 92 valence electrons. The van der Waals surface area contributed by atoms with Gasteiger partial charge in [0, 0.05) is 17.8 Å². The summed E-state index contributed by atoms with van der Waals surface area (Å²) in [5.41, 5.74) is 8.17. The fraction of sp³-hybridized carbons (Fsp3) is 0.600. The van der Waals surface area contributed by atoms with E-state index in [4.69, 9.17) is 5.73 Å². The Bertz CT molecular complexity index is 402. The summed E-state index contributed by atoms with van der Waals surface area (Å²) in [7, 11) is 2.31. The molecule has 2 fully saturated rings. The molecule has 3 atom stereocenters. The van der Waals surface area contributed by atoms with Crippen LogP contribution in [0.2, 0.25) is 0 Å². The summed E-state index contributed by atoms with van der Waals surface area (Å²) >= 11 is 0. The van der Waals surface area contributed by atoms with Crippen LogP contribution in [-0.2, 0) is 6.42 Å². The van der Waals surface area contributed by atoms with Crippen molar-refractivity contribution in [1.82, 2.24) is 4.90 Å². The molecule has 1 aromatic carbocycles. The Morgan fingerprint density at radius 2 is 2.06 bits per heavy atom. The smallest absolute Gasteiger partial charge is 0.0316 e. The zero-order valence-electron chi connectivity index (χ0n) is 10.6. The number of fused-ring (bicyclic) bond motifs is 2. The van der Waals surface area contributed by atoms with E-state index in [1.807, 2.05) is 6.07 Å². The van der Waals surface area contributed by atoms with Gasteiger partial charge < -0.3 is 10.6 Å². The quantitative estimate of drug-likeness (QED) is 0.791. The minimum atomic E-state index is 0.815. The molecule has 17 heavy (non-hydrogen) atoms. The van der Waals surface area contributed by atoms with E-state index in [0.717, 1.165) is 23.7 Å². The van der Waals surface area contributed by atoms with Gasteiger partial charge in [-0.1, -0.05) is 12.1 Å². The molecule has 2 bridgehead atoms. The molecule has 2 aliphatic rings. The summed E-state index contributed by atoms with van der Waals surface area (Å²) in [4.78, 5) is 2.63. The highest BCUT2D eigenvalue weighted by Crippen LogP contribution is 2.39. The van der Waals surface area contributed by atoms with Crippen molar-refractivity contribution in [2.75, 3.05) is 12.8 Å². The molecular weight excluding hydrogens is 208 g/mol. The molecule has 0 radical (unpaired) electrons. The van der Waals surface area contributed by atoms with Crippen LogP contribution in [0, 0.1) is 5.92 Å². The highest BCUT2D eigenvalue weighted by atomic mass is 15.2. The van der Waals surface area contributed by atoms with Crippen molar-refractivity contribution in [2.24, 2.45) is 5.92 Å². The highest BCUT2D eigenvalue weighted by molar-refractivity contribution is 5.40. The van der Waals surface area contributed by atoms with Crippen molar-refractivity contribution in [1.29, 1.82) is 0 Å². The number of hydrogen-bond donors (Lipinski definition) is 1. The number of nitrogens with zero attached hydrogens (tertiary/aromatic N) is 1. The van der Waals surface area contributed by atoms with Gasteiger partial charge in [-0.25, -0.2) is 0 Å². The Morgan fingerprint density at radius 1 is 1.24 bits per heavy atom. The van der Waals surface area contributed by atoms with Gasteiger partial charge in [0.15, 0.2) is 0 Å².